The molecule has 2 aromatic rings. The second-order valence-corrected chi connectivity index (χ2v) is 8.41. The molecule has 1 amide bonds. The van der Waals surface area contributed by atoms with Gasteiger partial charge in [-0.25, -0.2) is 9.59 Å². The maximum absolute atomic E-state index is 12.4. The summed E-state index contributed by atoms with van der Waals surface area (Å²) in [6.45, 7) is 3.21. The zero-order chi connectivity index (χ0) is 21.6. The van der Waals surface area contributed by atoms with Gasteiger partial charge in [-0.1, -0.05) is 55.0 Å². The van der Waals surface area contributed by atoms with E-state index in [1.807, 2.05) is 24.3 Å². The molecule has 1 fully saturated rings. The molecule has 4 rings (SSSR count). The minimum absolute atomic E-state index is 0.0412. The van der Waals surface area contributed by atoms with E-state index in [1.165, 1.54) is 19.3 Å². The number of likely N-dealkylation sites (tertiary alicyclic amines) is 1. The van der Waals surface area contributed by atoms with Crippen LogP contribution in [0.1, 0.15) is 49.1 Å². The summed E-state index contributed by atoms with van der Waals surface area (Å²) in [5, 5.41) is 12.1. The van der Waals surface area contributed by atoms with Crippen molar-refractivity contribution in [3.63, 3.8) is 0 Å². The van der Waals surface area contributed by atoms with Crippen LogP contribution in [0.5, 0.6) is 0 Å². The van der Waals surface area contributed by atoms with Crippen molar-refractivity contribution in [3.05, 3.63) is 59.7 Å². The minimum atomic E-state index is -1.02. The lowest BCUT2D eigenvalue weighted by Crippen LogP contribution is -2.42. The summed E-state index contributed by atoms with van der Waals surface area (Å²) in [7, 11) is 0. The largest absolute Gasteiger partial charge is 0.480 e. The molecule has 0 spiro atoms. The zero-order valence-corrected chi connectivity index (χ0v) is 17.8. The van der Waals surface area contributed by atoms with Gasteiger partial charge in [-0.3, -0.25) is 0 Å². The number of ether oxygens (including phenoxy) is 1. The lowest BCUT2D eigenvalue weighted by atomic mass is 9.98. The highest BCUT2D eigenvalue weighted by molar-refractivity contribution is 5.81. The van der Waals surface area contributed by atoms with E-state index in [0.717, 1.165) is 48.3 Å². The highest BCUT2D eigenvalue weighted by atomic mass is 16.5. The highest BCUT2D eigenvalue weighted by Crippen LogP contribution is 2.44. The number of nitrogens with zero attached hydrogens (tertiary/aromatic N) is 1. The van der Waals surface area contributed by atoms with Gasteiger partial charge in [-0.2, -0.15) is 0 Å². The number of amides is 1. The number of carbonyl (C=O) groups is 2. The van der Waals surface area contributed by atoms with Crippen molar-refractivity contribution >= 4 is 12.1 Å². The number of piperidine rings is 1. The first kappa shape index (κ1) is 21.4. The molecular formula is C25H30N2O4. The quantitative estimate of drug-likeness (QED) is 0.665. The van der Waals surface area contributed by atoms with E-state index in [-0.39, 0.29) is 12.5 Å². The number of carboxylic acids is 1. The molecule has 1 atom stereocenters. The van der Waals surface area contributed by atoms with Crippen molar-refractivity contribution < 1.29 is 19.4 Å². The Morgan fingerprint density at radius 3 is 2.23 bits per heavy atom. The number of benzene rings is 2. The fourth-order valence-corrected chi connectivity index (χ4v) is 4.74. The lowest BCUT2D eigenvalue weighted by Gasteiger charge is -2.26. The number of carboxylic acid groups (broad SMARTS) is 1. The van der Waals surface area contributed by atoms with Gasteiger partial charge in [-0.05, 0) is 67.6 Å². The van der Waals surface area contributed by atoms with Gasteiger partial charge < -0.3 is 20.1 Å². The van der Waals surface area contributed by atoms with Crippen LogP contribution in [0.2, 0.25) is 0 Å². The van der Waals surface area contributed by atoms with Gasteiger partial charge in [0.25, 0.3) is 0 Å². The van der Waals surface area contributed by atoms with Gasteiger partial charge in [-0.15, -0.1) is 0 Å². The number of aliphatic carboxylic acids is 1. The molecule has 0 bridgehead atoms. The third kappa shape index (κ3) is 5.07. The Bertz CT molecular complexity index is 878. The first-order valence-electron chi connectivity index (χ1n) is 11.2. The summed E-state index contributed by atoms with van der Waals surface area (Å²) in [6.07, 6.45) is 4.15. The van der Waals surface area contributed by atoms with Crippen molar-refractivity contribution in [1.82, 2.24) is 10.2 Å². The fourth-order valence-electron chi connectivity index (χ4n) is 4.74. The Morgan fingerprint density at radius 1 is 1.00 bits per heavy atom. The summed E-state index contributed by atoms with van der Waals surface area (Å²) in [5.74, 6) is -1.06. The Kier molecular flexibility index (Phi) is 6.87. The van der Waals surface area contributed by atoms with E-state index in [9.17, 15) is 14.7 Å². The van der Waals surface area contributed by atoms with Crippen LogP contribution in [-0.4, -0.2) is 54.4 Å². The number of rotatable bonds is 8. The molecule has 1 aliphatic carbocycles. The molecule has 2 N–H and O–H groups in total. The Morgan fingerprint density at radius 2 is 1.61 bits per heavy atom. The van der Waals surface area contributed by atoms with Gasteiger partial charge in [0.2, 0.25) is 0 Å². The summed E-state index contributed by atoms with van der Waals surface area (Å²) < 4.78 is 5.49. The fraction of sp³-hybridized carbons (Fsp3) is 0.440. The van der Waals surface area contributed by atoms with Crippen molar-refractivity contribution in [2.45, 2.75) is 44.1 Å². The average molecular weight is 423 g/mol. The number of hydrogen-bond acceptors (Lipinski definition) is 4. The third-order valence-corrected chi connectivity index (χ3v) is 6.35. The number of hydrogen-bond donors (Lipinski definition) is 2. The molecule has 2 aromatic carbocycles. The SMILES string of the molecule is O=C(N[C@@H](CCCN1CCCCC1)C(=O)O)OCC1c2ccccc2-c2ccccc21. The summed E-state index contributed by atoms with van der Waals surface area (Å²) in [6, 6.07) is 15.3. The molecule has 0 radical (unpaired) electrons. The van der Waals surface area contributed by atoms with Crippen LogP contribution >= 0.6 is 0 Å². The zero-order valence-electron chi connectivity index (χ0n) is 17.8. The van der Waals surface area contributed by atoms with Crippen LogP contribution in [0.25, 0.3) is 11.1 Å². The number of carbonyl (C=O) groups excluding carboxylic acids is 1. The lowest BCUT2D eigenvalue weighted by molar-refractivity contribution is -0.139. The van der Waals surface area contributed by atoms with E-state index in [1.54, 1.807) is 0 Å². The average Bonchev–Trinajstić information content (AvgIpc) is 3.11. The van der Waals surface area contributed by atoms with Crippen molar-refractivity contribution in [2.75, 3.05) is 26.2 Å². The maximum Gasteiger partial charge on any atom is 0.407 e. The molecule has 0 aromatic heterocycles. The van der Waals surface area contributed by atoms with Crippen LogP contribution in [0.3, 0.4) is 0 Å². The third-order valence-electron chi connectivity index (χ3n) is 6.35. The topological polar surface area (TPSA) is 78.9 Å². The molecule has 1 aliphatic heterocycles. The van der Waals surface area contributed by atoms with E-state index in [4.69, 9.17) is 4.74 Å². The van der Waals surface area contributed by atoms with E-state index in [0.29, 0.717) is 6.42 Å². The summed E-state index contributed by atoms with van der Waals surface area (Å²) in [5.41, 5.74) is 4.59. The molecule has 0 saturated carbocycles. The predicted octanol–water partition coefficient (Wildman–Crippen LogP) is 4.24. The van der Waals surface area contributed by atoms with Crippen LogP contribution in [0.15, 0.2) is 48.5 Å². The molecule has 1 saturated heterocycles. The maximum atomic E-state index is 12.4. The van der Waals surface area contributed by atoms with Crippen LogP contribution in [0, 0.1) is 0 Å². The minimum Gasteiger partial charge on any atom is -0.480 e. The van der Waals surface area contributed by atoms with Crippen LogP contribution in [-0.2, 0) is 9.53 Å². The molecule has 164 valence electrons. The van der Waals surface area contributed by atoms with Gasteiger partial charge in [0.15, 0.2) is 0 Å². The monoisotopic (exact) mass is 422 g/mol. The summed E-state index contributed by atoms with van der Waals surface area (Å²) >= 11 is 0. The van der Waals surface area contributed by atoms with Gasteiger partial charge in [0, 0.05) is 5.92 Å². The Balaban J connectivity index is 1.31. The standard InChI is InChI=1S/C25H30N2O4/c28-24(29)23(13-8-16-27-14-6-1-7-15-27)26-25(30)31-17-22-20-11-4-2-9-18(20)19-10-3-5-12-21(19)22/h2-5,9-12,22-23H,1,6-8,13-17H2,(H,26,30)(H,28,29)/t23-/m0/s1. The Labute approximate surface area is 183 Å². The number of alkyl carbamates (subject to hydrolysis) is 1. The van der Waals surface area contributed by atoms with Crippen molar-refractivity contribution in [2.24, 2.45) is 0 Å². The molecule has 2 aliphatic rings. The van der Waals surface area contributed by atoms with E-state index < -0.39 is 18.1 Å². The highest BCUT2D eigenvalue weighted by Gasteiger charge is 2.29. The van der Waals surface area contributed by atoms with Crippen LogP contribution < -0.4 is 5.32 Å². The van der Waals surface area contributed by atoms with E-state index >= 15 is 0 Å². The normalized spacial score (nSPS) is 16.9. The number of nitrogens with one attached hydrogen (secondary N) is 1. The summed E-state index contributed by atoms with van der Waals surface area (Å²) in [4.78, 5) is 26.4. The first-order chi connectivity index (χ1) is 15.1. The van der Waals surface area contributed by atoms with Crippen molar-refractivity contribution in [3.8, 4) is 11.1 Å². The van der Waals surface area contributed by atoms with Crippen molar-refractivity contribution in [1.29, 1.82) is 0 Å². The smallest absolute Gasteiger partial charge is 0.407 e. The second-order valence-electron chi connectivity index (χ2n) is 8.41. The van der Waals surface area contributed by atoms with Gasteiger partial charge >= 0.3 is 12.1 Å². The first-order valence-corrected chi connectivity index (χ1v) is 11.2. The molecule has 0 unspecified atom stereocenters. The molecule has 6 nitrogen and oxygen atoms in total. The van der Waals surface area contributed by atoms with E-state index in [2.05, 4.69) is 34.5 Å². The molecule has 6 heteroatoms. The second kappa shape index (κ2) is 9.96. The molecular weight excluding hydrogens is 392 g/mol. The molecule has 31 heavy (non-hydrogen) atoms. The number of fused-ring (bicyclic) bond motifs is 3. The van der Waals surface area contributed by atoms with Gasteiger partial charge in [0.1, 0.15) is 12.6 Å². The molecule has 1 heterocycles. The van der Waals surface area contributed by atoms with Gasteiger partial charge in [0.05, 0.1) is 0 Å². The Hall–Kier alpha value is -2.86. The predicted molar refractivity (Wildman–Crippen MR) is 119 cm³/mol. The van der Waals surface area contributed by atoms with Crippen LogP contribution in [0.4, 0.5) is 4.79 Å².